The average Bonchev–Trinajstić information content (AvgIpc) is 2.26. The second kappa shape index (κ2) is 13.8. The molecule has 0 aliphatic rings. The summed E-state index contributed by atoms with van der Waals surface area (Å²) in [5.41, 5.74) is 1.55. The maximum atomic E-state index is 5.39. The van der Waals surface area contributed by atoms with Crippen molar-refractivity contribution in [2.24, 2.45) is 0 Å². The molecule has 0 unspecified atom stereocenters. The fourth-order valence-corrected chi connectivity index (χ4v) is 1.70. The molecule has 0 aromatic rings. The average molecular weight is 229 g/mol. The van der Waals surface area contributed by atoms with Crippen LogP contribution >= 0.6 is 11.6 Å². The Morgan fingerprint density at radius 2 is 1.40 bits per heavy atom. The molecule has 0 heterocycles. The first-order valence-electron chi connectivity index (χ1n) is 6.33. The van der Waals surface area contributed by atoms with Gasteiger partial charge in [0.2, 0.25) is 0 Å². The van der Waals surface area contributed by atoms with E-state index in [9.17, 15) is 0 Å². The lowest BCUT2D eigenvalue weighted by atomic mass is 10.1. The largest absolute Gasteiger partial charge is 0.0930 e. The van der Waals surface area contributed by atoms with Gasteiger partial charge in [-0.3, -0.25) is 0 Å². The Hall–Kier alpha value is -0.230. The SMILES string of the molecule is CCCCCCCCCC/C=C\C=C/Cl. The van der Waals surface area contributed by atoms with Crippen LogP contribution < -0.4 is 0 Å². The maximum Gasteiger partial charge on any atom is 0.00423 e. The third kappa shape index (κ3) is 13.8. The molecule has 0 spiro atoms. The zero-order chi connectivity index (χ0) is 11.2. The Bertz CT molecular complexity index is 159. The summed E-state index contributed by atoms with van der Waals surface area (Å²) in [4.78, 5) is 0. The molecular formula is C14H25Cl. The molecule has 0 N–H and O–H groups in total. The second-order valence-corrected chi connectivity index (χ2v) is 4.26. The number of unbranched alkanes of at least 4 members (excludes halogenated alkanes) is 8. The molecule has 0 amide bonds. The van der Waals surface area contributed by atoms with Crippen LogP contribution in [0.25, 0.3) is 0 Å². The molecule has 0 aliphatic heterocycles. The van der Waals surface area contributed by atoms with Gasteiger partial charge in [-0.1, -0.05) is 81.7 Å². The van der Waals surface area contributed by atoms with Crippen LogP contribution in [0.15, 0.2) is 23.8 Å². The highest BCUT2D eigenvalue weighted by Crippen LogP contribution is 2.09. The molecule has 1 heteroatoms. The van der Waals surface area contributed by atoms with Crippen LogP contribution in [-0.4, -0.2) is 0 Å². The summed E-state index contributed by atoms with van der Waals surface area (Å²) in [7, 11) is 0. The van der Waals surface area contributed by atoms with Gasteiger partial charge >= 0.3 is 0 Å². The van der Waals surface area contributed by atoms with E-state index >= 15 is 0 Å². The summed E-state index contributed by atoms with van der Waals surface area (Å²) in [6.07, 6.45) is 18.4. The summed E-state index contributed by atoms with van der Waals surface area (Å²) in [6, 6.07) is 0. The summed E-state index contributed by atoms with van der Waals surface area (Å²) in [5.74, 6) is 0. The fourth-order valence-electron chi connectivity index (χ4n) is 1.61. The third-order valence-electron chi connectivity index (χ3n) is 2.54. The van der Waals surface area contributed by atoms with Gasteiger partial charge in [-0.15, -0.1) is 0 Å². The van der Waals surface area contributed by atoms with Crippen molar-refractivity contribution >= 4 is 11.6 Å². The van der Waals surface area contributed by atoms with Gasteiger partial charge in [0.05, 0.1) is 0 Å². The summed E-state index contributed by atoms with van der Waals surface area (Å²) >= 11 is 5.39. The first-order chi connectivity index (χ1) is 7.41. The Labute approximate surface area is 100 Å². The molecule has 0 nitrogen and oxygen atoms in total. The summed E-state index contributed by atoms with van der Waals surface area (Å²) in [5, 5.41) is 0. The van der Waals surface area contributed by atoms with Crippen molar-refractivity contribution in [2.75, 3.05) is 0 Å². The smallest absolute Gasteiger partial charge is 0.00423 e. The predicted octanol–water partition coefficient (Wildman–Crippen LogP) is 5.83. The number of allylic oxidation sites excluding steroid dienone is 3. The van der Waals surface area contributed by atoms with Crippen molar-refractivity contribution in [3.05, 3.63) is 23.8 Å². The Morgan fingerprint density at radius 3 is 2.00 bits per heavy atom. The van der Waals surface area contributed by atoms with Crippen LogP contribution in [0.1, 0.15) is 64.7 Å². The maximum absolute atomic E-state index is 5.39. The Kier molecular flexibility index (Phi) is 13.6. The lowest BCUT2D eigenvalue weighted by molar-refractivity contribution is 0.577. The number of hydrogen-bond acceptors (Lipinski definition) is 0. The van der Waals surface area contributed by atoms with Gasteiger partial charge in [0.25, 0.3) is 0 Å². The predicted molar refractivity (Wildman–Crippen MR) is 71.4 cm³/mol. The highest BCUT2D eigenvalue weighted by molar-refractivity contribution is 6.25. The van der Waals surface area contributed by atoms with Gasteiger partial charge in [-0.2, -0.15) is 0 Å². The van der Waals surface area contributed by atoms with Crippen LogP contribution in [0.2, 0.25) is 0 Å². The van der Waals surface area contributed by atoms with E-state index < -0.39 is 0 Å². The van der Waals surface area contributed by atoms with E-state index in [1.54, 1.807) is 5.54 Å². The monoisotopic (exact) mass is 228 g/mol. The van der Waals surface area contributed by atoms with Crippen molar-refractivity contribution in [1.29, 1.82) is 0 Å². The van der Waals surface area contributed by atoms with Crippen LogP contribution in [0.5, 0.6) is 0 Å². The second-order valence-electron chi connectivity index (χ2n) is 4.01. The highest BCUT2D eigenvalue weighted by atomic mass is 35.5. The quantitative estimate of drug-likeness (QED) is 0.326. The van der Waals surface area contributed by atoms with Gasteiger partial charge in [-0.25, -0.2) is 0 Å². The molecule has 0 radical (unpaired) electrons. The van der Waals surface area contributed by atoms with E-state index in [1.165, 1.54) is 57.8 Å². The summed E-state index contributed by atoms with van der Waals surface area (Å²) in [6.45, 7) is 2.27. The Morgan fingerprint density at radius 1 is 0.800 bits per heavy atom. The molecule has 0 rings (SSSR count). The molecule has 0 saturated heterocycles. The van der Waals surface area contributed by atoms with Gasteiger partial charge in [0, 0.05) is 5.54 Å². The zero-order valence-corrected chi connectivity index (χ0v) is 10.8. The molecule has 0 aromatic heterocycles. The van der Waals surface area contributed by atoms with Crippen LogP contribution in [0, 0.1) is 0 Å². The van der Waals surface area contributed by atoms with E-state index in [4.69, 9.17) is 11.6 Å². The number of halogens is 1. The minimum Gasteiger partial charge on any atom is -0.0930 e. The fraction of sp³-hybridized carbons (Fsp3) is 0.714. The van der Waals surface area contributed by atoms with Crippen molar-refractivity contribution in [1.82, 2.24) is 0 Å². The zero-order valence-electron chi connectivity index (χ0n) is 10.1. The minimum absolute atomic E-state index is 1.19. The molecule has 0 bridgehead atoms. The molecule has 15 heavy (non-hydrogen) atoms. The number of hydrogen-bond donors (Lipinski definition) is 0. The molecule has 0 aromatic carbocycles. The van der Waals surface area contributed by atoms with Gasteiger partial charge in [0.15, 0.2) is 0 Å². The lowest BCUT2D eigenvalue weighted by Crippen LogP contribution is -1.79. The van der Waals surface area contributed by atoms with E-state index in [0.717, 1.165) is 0 Å². The molecule has 88 valence electrons. The van der Waals surface area contributed by atoms with Crippen molar-refractivity contribution in [3.8, 4) is 0 Å². The molecular weight excluding hydrogens is 204 g/mol. The van der Waals surface area contributed by atoms with Gasteiger partial charge in [-0.05, 0) is 12.8 Å². The van der Waals surface area contributed by atoms with E-state index in [0.29, 0.717) is 0 Å². The molecule has 0 saturated carbocycles. The standard InChI is InChI=1S/C14H25Cl/c1-2-3-4-5-6-7-8-9-10-11-12-13-14-15/h11-14H,2-10H2,1H3/b12-11-,14-13-. The van der Waals surface area contributed by atoms with Crippen molar-refractivity contribution in [2.45, 2.75) is 64.7 Å². The third-order valence-corrected chi connectivity index (χ3v) is 2.69. The lowest BCUT2D eigenvalue weighted by Gasteiger charge is -1.99. The normalized spacial score (nSPS) is 11.9. The molecule has 0 atom stereocenters. The Balaban J connectivity index is 2.98. The van der Waals surface area contributed by atoms with Crippen LogP contribution in [0.3, 0.4) is 0 Å². The topological polar surface area (TPSA) is 0 Å². The van der Waals surface area contributed by atoms with Crippen molar-refractivity contribution < 1.29 is 0 Å². The molecule has 0 aliphatic carbocycles. The summed E-state index contributed by atoms with van der Waals surface area (Å²) < 4.78 is 0. The highest BCUT2D eigenvalue weighted by Gasteiger charge is 1.89. The van der Waals surface area contributed by atoms with E-state index in [-0.39, 0.29) is 0 Å². The first kappa shape index (κ1) is 14.8. The van der Waals surface area contributed by atoms with Gasteiger partial charge in [0.1, 0.15) is 0 Å². The van der Waals surface area contributed by atoms with Crippen molar-refractivity contribution in [3.63, 3.8) is 0 Å². The van der Waals surface area contributed by atoms with Crippen LogP contribution in [0.4, 0.5) is 0 Å². The molecule has 0 fully saturated rings. The van der Waals surface area contributed by atoms with E-state index in [2.05, 4.69) is 13.0 Å². The van der Waals surface area contributed by atoms with E-state index in [1.807, 2.05) is 12.2 Å². The number of rotatable bonds is 10. The first-order valence-corrected chi connectivity index (χ1v) is 6.77. The van der Waals surface area contributed by atoms with Crippen LogP contribution in [-0.2, 0) is 0 Å². The minimum atomic E-state index is 1.19. The van der Waals surface area contributed by atoms with Gasteiger partial charge < -0.3 is 0 Å².